The highest BCUT2D eigenvalue weighted by molar-refractivity contribution is 7.99. The van der Waals surface area contributed by atoms with Crippen molar-refractivity contribution in [1.29, 1.82) is 5.26 Å². The average molecular weight is 473 g/mol. The first-order valence-corrected chi connectivity index (χ1v) is 14.8. The summed E-state index contributed by atoms with van der Waals surface area (Å²) in [4.78, 5) is 24.5. The van der Waals surface area contributed by atoms with E-state index in [-0.39, 0.29) is 21.3 Å². The third kappa shape index (κ3) is 6.53. The molecule has 32 heavy (non-hydrogen) atoms. The van der Waals surface area contributed by atoms with Crippen molar-refractivity contribution in [3.8, 4) is 17.3 Å². The Labute approximate surface area is 197 Å². The molecule has 0 aliphatic carbocycles. The number of pyridine rings is 1. The van der Waals surface area contributed by atoms with Gasteiger partial charge < -0.3 is 9.41 Å². The Hall–Kier alpha value is -1.95. The molecule has 6 nitrogen and oxygen atoms in total. The van der Waals surface area contributed by atoms with E-state index in [4.69, 9.17) is 4.43 Å². The van der Waals surface area contributed by atoms with E-state index in [0.29, 0.717) is 23.0 Å². The number of thioether (sulfide) groups is 1. The summed E-state index contributed by atoms with van der Waals surface area (Å²) in [5, 5.41) is 10.4. The van der Waals surface area contributed by atoms with Crippen LogP contribution in [0, 0.1) is 11.3 Å². The largest absolute Gasteiger partial charge is 0.417 e. The summed E-state index contributed by atoms with van der Waals surface area (Å²) in [6, 6.07) is 5.79. The fourth-order valence-electron chi connectivity index (χ4n) is 2.74. The third-order valence-electron chi connectivity index (χ3n) is 5.92. The SMILES string of the molecule is CC(CCO[Si](C)(C)C(C)(C)C)Sc1nc(-c2ccc(C(C)(C)C)nc2)c(C#N)c(=O)[nH]1. The lowest BCUT2D eigenvalue weighted by Crippen LogP contribution is -2.41. The zero-order valence-electron chi connectivity index (χ0n) is 20.8. The summed E-state index contributed by atoms with van der Waals surface area (Å²) in [5.74, 6) is 0. The number of nitrogens with zero attached hydrogens (tertiary/aromatic N) is 3. The lowest BCUT2D eigenvalue weighted by atomic mass is 9.91. The Morgan fingerprint density at radius 3 is 2.38 bits per heavy atom. The maximum Gasteiger partial charge on any atom is 0.270 e. The van der Waals surface area contributed by atoms with E-state index in [9.17, 15) is 10.1 Å². The van der Waals surface area contributed by atoms with Gasteiger partial charge in [-0.15, -0.1) is 0 Å². The van der Waals surface area contributed by atoms with Crippen LogP contribution in [0.4, 0.5) is 0 Å². The van der Waals surface area contributed by atoms with E-state index >= 15 is 0 Å². The molecule has 174 valence electrons. The van der Waals surface area contributed by atoms with E-state index in [2.05, 4.69) is 76.5 Å². The quantitative estimate of drug-likeness (QED) is 0.307. The van der Waals surface area contributed by atoms with Crippen LogP contribution in [0.2, 0.25) is 18.1 Å². The van der Waals surface area contributed by atoms with Gasteiger partial charge in [0.2, 0.25) is 0 Å². The van der Waals surface area contributed by atoms with Crippen molar-refractivity contribution >= 4 is 20.1 Å². The number of hydrogen-bond donors (Lipinski definition) is 1. The van der Waals surface area contributed by atoms with Gasteiger partial charge in [-0.05, 0) is 36.7 Å². The van der Waals surface area contributed by atoms with Crippen molar-refractivity contribution in [2.45, 2.75) is 88.8 Å². The standard InChI is InChI=1S/C24H36N4O2SSi/c1-16(12-13-30-32(8,9)24(5,6)7)31-22-27-20(18(14-25)21(29)28-22)17-10-11-19(26-15-17)23(2,3)4/h10-11,15-16H,12-13H2,1-9H3,(H,27,28,29). The van der Waals surface area contributed by atoms with Crippen LogP contribution in [0.25, 0.3) is 11.3 Å². The normalized spacial score (nSPS) is 13.6. The maximum absolute atomic E-state index is 12.6. The van der Waals surface area contributed by atoms with Crippen LogP contribution in [0.5, 0.6) is 0 Å². The fourth-order valence-corrected chi connectivity index (χ4v) is 4.70. The van der Waals surface area contributed by atoms with Crippen molar-refractivity contribution in [2.75, 3.05) is 6.61 Å². The van der Waals surface area contributed by atoms with Crippen molar-refractivity contribution in [3.63, 3.8) is 0 Å². The minimum Gasteiger partial charge on any atom is -0.417 e. The fraction of sp³-hybridized carbons (Fsp3) is 0.583. The summed E-state index contributed by atoms with van der Waals surface area (Å²) in [6.07, 6.45) is 2.53. The molecule has 0 saturated carbocycles. The number of nitrogens with one attached hydrogen (secondary N) is 1. The molecule has 2 rings (SSSR count). The van der Waals surface area contributed by atoms with Gasteiger partial charge in [0.1, 0.15) is 11.6 Å². The monoisotopic (exact) mass is 472 g/mol. The molecule has 0 saturated heterocycles. The molecule has 1 unspecified atom stereocenters. The van der Waals surface area contributed by atoms with Gasteiger partial charge in [-0.3, -0.25) is 9.78 Å². The molecule has 1 atom stereocenters. The van der Waals surface area contributed by atoms with Gasteiger partial charge >= 0.3 is 0 Å². The number of aromatic amines is 1. The lowest BCUT2D eigenvalue weighted by molar-refractivity contribution is 0.282. The molecule has 0 radical (unpaired) electrons. The average Bonchev–Trinajstić information content (AvgIpc) is 2.66. The van der Waals surface area contributed by atoms with Crippen LogP contribution in [-0.2, 0) is 9.84 Å². The Balaban J connectivity index is 2.20. The summed E-state index contributed by atoms with van der Waals surface area (Å²) in [7, 11) is -1.78. The molecule has 2 aromatic heterocycles. The van der Waals surface area contributed by atoms with E-state index in [1.54, 1.807) is 6.20 Å². The first-order chi connectivity index (χ1) is 14.7. The smallest absolute Gasteiger partial charge is 0.270 e. The Morgan fingerprint density at radius 2 is 1.88 bits per heavy atom. The second-order valence-electron chi connectivity index (χ2n) is 10.7. The Kier molecular flexibility index (Phi) is 8.13. The molecular weight excluding hydrogens is 436 g/mol. The molecule has 0 fully saturated rings. The molecule has 0 aliphatic heterocycles. The van der Waals surface area contributed by atoms with Crippen LogP contribution in [0.1, 0.15) is 66.1 Å². The van der Waals surface area contributed by atoms with Gasteiger partial charge in [-0.1, -0.05) is 60.2 Å². The number of hydrogen-bond acceptors (Lipinski definition) is 6. The van der Waals surface area contributed by atoms with Crippen LogP contribution < -0.4 is 5.56 Å². The number of aromatic nitrogens is 3. The van der Waals surface area contributed by atoms with Gasteiger partial charge in [-0.2, -0.15) is 5.26 Å². The van der Waals surface area contributed by atoms with Crippen molar-refractivity contribution in [3.05, 3.63) is 39.9 Å². The molecular formula is C24H36N4O2SSi. The summed E-state index contributed by atoms with van der Waals surface area (Å²) in [6.45, 7) is 20.2. The molecule has 2 heterocycles. The summed E-state index contributed by atoms with van der Waals surface area (Å²) >= 11 is 1.49. The van der Waals surface area contributed by atoms with E-state index < -0.39 is 13.9 Å². The van der Waals surface area contributed by atoms with Crippen molar-refractivity contribution < 1.29 is 4.43 Å². The Morgan fingerprint density at radius 1 is 1.22 bits per heavy atom. The molecule has 0 spiro atoms. The second-order valence-corrected chi connectivity index (χ2v) is 17.0. The first-order valence-electron chi connectivity index (χ1n) is 11.0. The zero-order chi connectivity index (χ0) is 24.3. The highest BCUT2D eigenvalue weighted by Crippen LogP contribution is 2.37. The van der Waals surface area contributed by atoms with Gasteiger partial charge in [0, 0.05) is 34.7 Å². The molecule has 0 amide bonds. The molecule has 0 bridgehead atoms. The zero-order valence-corrected chi connectivity index (χ0v) is 22.6. The van der Waals surface area contributed by atoms with E-state index in [1.807, 2.05) is 18.2 Å². The second kappa shape index (κ2) is 9.90. The molecule has 0 aromatic carbocycles. The van der Waals surface area contributed by atoms with Crippen LogP contribution >= 0.6 is 11.8 Å². The van der Waals surface area contributed by atoms with E-state index in [1.165, 1.54) is 11.8 Å². The summed E-state index contributed by atoms with van der Waals surface area (Å²) < 4.78 is 6.28. The van der Waals surface area contributed by atoms with Crippen LogP contribution in [-0.4, -0.2) is 35.1 Å². The Bertz CT molecular complexity index is 1030. The highest BCUT2D eigenvalue weighted by atomic mass is 32.2. The van der Waals surface area contributed by atoms with Gasteiger partial charge in [-0.25, -0.2) is 4.98 Å². The molecule has 1 N–H and O–H groups in total. The number of rotatable bonds is 7. The minimum atomic E-state index is -1.78. The van der Waals surface area contributed by atoms with Gasteiger partial charge in [0.15, 0.2) is 13.5 Å². The van der Waals surface area contributed by atoms with Gasteiger partial charge in [0.05, 0.1) is 5.69 Å². The van der Waals surface area contributed by atoms with Crippen LogP contribution in [0.3, 0.4) is 0 Å². The molecule has 8 heteroatoms. The lowest BCUT2D eigenvalue weighted by Gasteiger charge is -2.36. The topological polar surface area (TPSA) is 91.7 Å². The molecule has 2 aromatic rings. The van der Waals surface area contributed by atoms with E-state index in [0.717, 1.165) is 12.1 Å². The van der Waals surface area contributed by atoms with Gasteiger partial charge in [0.25, 0.3) is 5.56 Å². The highest BCUT2D eigenvalue weighted by Gasteiger charge is 2.37. The number of H-pyrrole nitrogens is 1. The van der Waals surface area contributed by atoms with Crippen LogP contribution in [0.15, 0.2) is 28.3 Å². The third-order valence-corrected chi connectivity index (χ3v) is 11.5. The maximum atomic E-state index is 12.6. The van der Waals surface area contributed by atoms with Crippen molar-refractivity contribution in [1.82, 2.24) is 15.0 Å². The summed E-state index contributed by atoms with van der Waals surface area (Å²) in [5.41, 5.74) is 1.47. The predicted octanol–water partition coefficient (Wildman–Crippen LogP) is 5.89. The minimum absolute atomic E-state index is 0.00794. The number of nitriles is 1. The molecule has 0 aliphatic rings. The first kappa shape index (κ1) is 26.3. The van der Waals surface area contributed by atoms with Crippen molar-refractivity contribution in [2.24, 2.45) is 0 Å². The predicted molar refractivity (Wildman–Crippen MR) is 135 cm³/mol.